The molecule has 0 heteroatoms. The minimum atomic E-state index is 0.146. The minimum absolute atomic E-state index is 0.146. The van der Waals surface area contributed by atoms with Crippen molar-refractivity contribution < 1.29 is 0 Å². The van der Waals surface area contributed by atoms with E-state index in [0.29, 0.717) is 11.8 Å². The van der Waals surface area contributed by atoms with E-state index >= 15 is 0 Å². The molecule has 0 bridgehead atoms. The zero-order valence-electron chi connectivity index (χ0n) is 13.8. The van der Waals surface area contributed by atoms with Gasteiger partial charge in [0.1, 0.15) is 0 Å². The van der Waals surface area contributed by atoms with Crippen LogP contribution in [0.25, 0.3) is 0 Å². The first-order valence-corrected chi connectivity index (χ1v) is 7.84. The van der Waals surface area contributed by atoms with Gasteiger partial charge in [-0.05, 0) is 47.4 Å². The molecule has 1 aliphatic carbocycles. The molecular formula is C20H28. The van der Waals surface area contributed by atoms with Crippen LogP contribution in [0.15, 0.2) is 42.0 Å². The molecule has 0 fully saturated rings. The summed E-state index contributed by atoms with van der Waals surface area (Å²) in [6, 6.07) is 6.80. The summed E-state index contributed by atoms with van der Waals surface area (Å²) < 4.78 is 0. The fraction of sp³-hybridized carbons (Fsp3) is 0.500. The first-order valence-electron chi connectivity index (χ1n) is 7.84. The highest BCUT2D eigenvalue weighted by molar-refractivity contribution is 5.46. The van der Waals surface area contributed by atoms with E-state index in [1.165, 1.54) is 22.3 Å². The van der Waals surface area contributed by atoms with Gasteiger partial charge in [-0.25, -0.2) is 0 Å². The maximum atomic E-state index is 2.42. The van der Waals surface area contributed by atoms with Crippen LogP contribution in [0.3, 0.4) is 0 Å². The van der Waals surface area contributed by atoms with Crippen molar-refractivity contribution in [3.05, 3.63) is 58.7 Å². The Morgan fingerprint density at radius 2 is 1.75 bits per heavy atom. The molecule has 0 amide bonds. The van der Waals surface area contributed by atoms with Gasteiger partial charge >= 0.3 is 0 Å². The van der Waals surface area contributed by atoms with Gasteiger partial charge in [-0.15, -0.1) is 0 Å². The summed E-state index contributed by atoms with van der Waals surface area (Å²) in [6.45, 7) is 13.7. The van der Waals surface area contributed by atoms with Crippen molar-refractivity contribution >= 4 is 0 Å². The lowest BCUT2D eigenvalue weighted by Crippen LogP contribution is -2.22. The van der Waals surface area contributed by atoms with Gasteiger partial charge in [0, 0.05) is 5.41 Å². The fourth-order valence-electron chi connectivity index (χ4n) is 3.27. The number of hydrogen-bond donors (Lipinski definition) is 0. The van der Waals surface area contributed by atoms with E-state index < -0.39 is 0 Å². The third kappa shape index (κ3) is 2.75. The van der Waals surface area contributed by atoms with Gasteiger partial charge in [0.05, 0.1) is 0 Å². The Labute approximate surface area is 124 Å². The van der Waals surface area contributed by atoms with E-state index in [4.69, 9.17) is 0 Å². The molecule has 1 aromatic carbocycles. The van der Waals surface area contributed by atoms with E-state index in [2.05, 4.69) is 78.0 Å². The Morgan fingerprint density at radius 3 is 2.25 bits per heavy atom. The minimum Gasteiger partial charge on any atom is -0.0799 e. The fourth-order valence-corrected chi connectivity index (χ4v) is 3.27. The summed E-state index contributed by atoms with van der Waals surface area (Å²) in [7, 11) is 0. The average molecular weight is 268 g/mol. The van der Waals surface area contributed by atoms with Crippen molar-refractivity contribution in [1.29, 1.82) is 0 Å². The Bertz CT molecular complexity index is 543. The standard InChI is InChI=1S/C20H28/c1-14(2)17-10-12-20(6,13-11-17)19-9-7-8-18(15(3)4)16(19)5/h7-12,14-15H,13H2,1-6H3. The quantitative estimate of drug-likeness (QED) is 0.638. The third-order valence-electron chi connectivity index (χ3n) is 4.69. The predicted octanol–water partition coefficient (Wildman–Crippen LogP) is 5.92. The molecule has 0 radical (unpaired) electrons. The summed E-state index contributed by atoms with van der Waals surface area (Å²) in [5.74, 6) is 1.21. The highest BCUT2D eigenvalue weighted by Gasteiger charge is 2.27. The van der Waals surface area contributed by atoms with Crippen molar-refractivity contribution in [2.24, 2.45) is 5.92 Å². The second kappa shape index (κ2) is 5.60. The van der Waals surface area contributed by atoms with Crippen LogP contribution in [0.5, 0.6) is 0 Å². The summed E-state index contributed by atoms with van der Waals surface area (Å²) in [6.07, 6.45) is 8.27. The topological polar surface area (TPSA) is 0 Å². The molecule has 1 atom stereocenters. The molecule has 1 unspecified atom stereocenters. The van der Waals surface area contributed by atoms with E-state index in [0.717, 1.165) is 6.42 Å². The van der Waals surface area contributed by atoms with Gasteiger partial charge in [-0.2, -0.15) is 0 Å². The lowest BCUT2D eigenvalue weighted by Gasteiger charge is -2.32. The number of rotatable bonds is 3. The van der Waals surface area contributed by atoms with Gasteiger partial charge in [-0.3, -0.25) is 0 Å². The zero-order valence-corrected chi connectivity index (χ0v) is 13.8. The maximum absolute atomic E-state index is 2.42. The second-order valence-electron chi connectivity index (χ2n) is 6.99. The first kappa shape index (κ1) is 15.1. The molecule has 0 N–H and O–H groups in total. The van der Waals surface area contributed by atoms with Crippen LogP contribution in [0.4, 0.5) is 0 Å². The van der Waals surface area contributed by atoms with Crippen LogP contribution in [-0.4, -0.2) is 0 Å². The molecule has 0 heterocycles. The van der Waals surface area contributed by atoms with Crippen LogP contribution < -0.4 is 0 Å². The van der Waals surface area contributed by atoms with Gasteiger partial charge < -0.3 is 0 Å². The van der Waals surface area contributed by atoms with E-state index in [1.54, 1.807) is 0 Å². The van der Waals surface area contributed by atoms with E-state index in [1.807, 2.05) is 0 Å². The number of benzene rings is 1. The monoisotopic (exact) mass is 268 g/mol. The van der Waals surface area contributed by atoms with Crippen molar-refractivity contribution in [3.8, 4) is 0 Å². The van der Waals surface area contributed by atoms with Gasteiger partial charge in [0.25, 0.3) is 0 Å². The van der Waals surface area contributed by atoms with Crippen molar-refractivity contribution in [2.75, 3.05) is 0 Å². The second-order valence-corrected chi connectivity index (χ2v) is 6.99. The molecular weight excluding hydrogens is 240 g/mol. The number of allylic oxidation sites excluding steroid dienone is 4. The van der Waals surface area contributed by atoms with Crippen LogP contribution in [0.1, 0.15) is 63.6 Å². The molecule has 0 spiro atoms. The Hall–Kier alpha value is -1.30. The van der Waals surface area contributed by atoms with Gasteiger partial charge in [-0.1, -0.05) is 71.0 Å². The van der Waals surface area contributed by atoms with Crippen molar-refractivity contribution in [3.63, 3.8) is 0 Å². The summed E-state index contributed by atoms with van der Waals surface area (Å²) in [4.78, 5) is 0. The summed E-state index contributed by atoms with van der Waals surface area (Å²) in [5, 5.41) is 0. The van der Waals surface area contributed by atoms with Crippen molar-refractivity contribution in [2.45, 2.75) is 59.3 Å². The predicted molar refractivity (Wildman–Crippen MR) is 89.3 cm³/mol. The average Bonchev–Trinajstić information content (AvgIpc) is 2.38. The molecule has 0 saturated heterocycles. The smallest absolute Gasteiger partial charge is 0.0144 e. The van der Waals surface area contributed by atoms with Crippen LogP contribution in [-0.2, 0) is 5.41 Å². The molecule has 108 valence electrons. The summed E-state index contributed by atoms with van der Waals surface area (Å²) >= 11 is 0. The van der Waals surface area contributed by atoms with Crippen molar-refractivity contribution in [1.82, 2.24) is 0 Å². The van der Waals surface area contributed by atoms with Gasteiger partial charge in [0.2, 0.25) is 0 Å². The Balaban J connectivity index is 2.39. The highest BCUT2D eigenvalue weighted by Crippen LogP contribution is 2.38. The molecule has 1 aromatic rings. The normalized spacial score (nSPS) is 22.5. The molecule has 0 saturated carbocycles. The lowest BCUT2D eigenvalue weighted by molar-refractivity contribution is 0.581. The third-order valence-corrected chi connectivity index (χ3v) is 4.69. The lowest BCUT2D eigenvalue weighted by atomic mass is 9.72. The molecule has 0 aromatic heterocycles. The molecule has 0 aliphatic heterocycles. The van der Waals surface area contributed by atoms with Crippen LogP contribution >= 0.6 is 0 Å². The summed E-state index contributed by atoms with van der Waals surface area (Å²) in [5.41, 5.74) is 6.05. The Morgan fingerprint density at radius 1 is 1.05 bits per heavy atom. The first-order chi connectivity index (χ1) is 9.35. The molecule has 2 rings (SSSR count). The maximum Gasteiger partial charge on any atom is 0.0144 e. The van der Waals surface area contributed by atoms with E-state index in [9.17, 15) is 0 Å². The van der Waals surface area contributed by atoms with E-state index in [-0.39, 0.29) is 5.41 Å². The zero-order chi connectivity index (χ0) is 14.9. The largest absolute Gasteiger partial charge is 0.0799 e. The van der Waals surface area contributed by atoms with Crippen LogP contribution in [0, 0.1) is 12.8 Å². The van der Waals surface area contributed by atoms with Crippen LogP contribution in [0.2, 0.25) is 0 Å². The highest BCUT2D eigenvalue weighted by atomic mass is 14.3. The van der Waals surface area contributed by atoms with Gasteiger partial charge in [0.15, 0.2) is 0 Å². The molecule has 20 heavy (non-hydrogen) atoms. The number of hydrogen-bond acceptors (Lipinski definition) is 0. The molecule has 1 aliphatic rings. The molecule has 0 nitrogen and oxygen atoms in total. The Kier molecular flexibility index (Phi) is 4.22. The SMILES string of the molecule is Cc1c(C(C)C)cccc1C1(C)C=CC(C(C)C)=CC1.